The molecule has 2 aromatic rings. The highest BCUT2D eigenvalue weighted by atomic mass is 16.5. The highest BCUT2D eigenvalue weighted by Gasteiger charge is 2.45. The van der Waals surface area contributed by atoms with E-state index in [4.69, 9.17) is 4.74 Å². The minimum Gasteiger partial charge on any atom is -0.460 e. The number of ether oxygens (including phenoxy) is 1. The first kappa shape index (κ1) is 15.8. The lowest BCUT2D eigenvalue weighted by Gasteiger charge is -2.35. The minimum atomic E-state index is -0.699. The van der Waals surface area contributed by atoms with Crippen LogP contribution in [-0.2, 0) is 4.79 Å². The predicted octanol–water partition coefficient (Wildman–Crippen LogP) is 4.54. The summed E-state index contributed by atoms with van der Waals surface area (Å²) >= 11 is 0. The van der Waals surface area contributed by atoms with E-state index in [1.807, 2.05) is 85.0 Å². The van der Waals surface area contributed by atoms with E-state index < -0.39 is 11.8 Å². The summed E-state index contributed by atoms with van der Waals surface area (Å²) in [4.78, 5) is 26.5. The van der Waals surface area contributed by atoms with Crippen LogP contribution in [-0.4, -0.2) is 11.6 Å². The fourth-order valence-corrected chi connectivity index (χ4v) is 3.95. The van der Waals surface area contributed by atoms with Gasteiger partial charge >= 0.3 is 0 Å². The molecule has 0 aromatic heterocycles. The second kappa shape index (κ2) is 6.06. The number of benzene rings is 2. The van der Waals surface area contributed by atoms with E-state index in [1.54, 1.807) is 0 Å². The average molecular weight is 352 g/mol. The Morgan fingerprint density at radius 2 is 1.59 bits per heavy atom. The van der Waals surface area contributed by atoms with Crippen LogP contribution in [0, 0.1) is 11.8 Å². The Morgan fingerprint density at radius 3 is 2.44 bits per heavy atom. The van der Waals surface area contributed by atoms with E-state index >= 15 is 0 Å². The molecular weight excluding hydrogens is 336 g/mol. The molecule has 2 aromatic carbocycles. The summed E-state index contributed by atoms with van der Waals surface area (Å²) < 4.78 is 6.21. The Hall–Kier alpha value is -3.46. The van der Waals surface area contributed by atoms with Crippen LogP contribution in [0.3, 0.4) is 0 Å². The summed E-state index contributed by atoms with van der Waals surface area (Å²) in [6, 6.07) is 16.8. The molecule has 3 heteroatoms. The van der Waals surface area contributed by atoms with Crippen molar-refractivity contribution in [2.24, 2.45) is 11.8 Å². The first-order valence-corrected chi connectivity index (χ1v) is 8.95. The normalized spacial score (nSPS) is 22.7. The molecule has 0 heterocycles. The number of fused-ring (bicyclic) bond motifs is 3. The first-order chi connectivity index (χ1) is 13.2. The molecule has 3 nitrogen and oxygen atoms in total. The standard InChI is InChI=1S/C24H16O3/c25-22-18-12-6-7-13-19(18)24(27-16-9-2-1-3-10-16)21-20(22)14-15-8-4-5-11-17(15)23(21)26/h1-14,18,21H. The molecule has 5 rings (SSSR count). The third-order valence-corrected chi connectivity index (χ3v) is 5.22. The zero-order valence-electron chi connectivity index (χ0n) is 14.5. The van der Waals surface area contributed by atoms with E-state index in [0.29, 0.717) is 22.6 Å². The lowest BCUT2D eigenvalue weighted by molar-refractivity contribution is -0.117. The van der Waals surface area contributed by atoms with E-state index in [1.165, 1.54) is 0 Å². The Balaban J connectivity index is 1.72. The molecule has 0 N–H and O–H groups in total. The molecule has 2 atom stereocenters. The van der Waals surface area contributed by atoms with Gasteiger partial charge in [0.15, 0.2) is 11.6 Å². The van der Waals surface area contributed by atoms with Crippen molar-refractivity contribution in [2.45, 2.75) is 0 Å². The number of hydrogen-bond donors (Lipinski definition) is 0. The molecule has 0 saturated carbocycles. The summed E-state index contributed by atoms with van der Waals surface area (Å²) in [7, 11) is 0. The second-order valence-electron chi connectivity index (χ2n) is 6.80. The fourth-order valence-electron chi connectivity index (χ4n) is 3.95. The van der Waals surface area contributed by atoms with Crippen molar-refractivity contribution in [1.29, 1.82) is 0 Å². The lowest BCUT2D eigenvalue weighted by Crippen LogP contribution is -2.38. The molecule has 27 heavy (non-hydrogen) atoms. The molecule has 130 valence electrons. The van der Waals surface area contributed by atoms with Gasteiger partial charge in [0, 0.05) is 16.7 Å². The van der Waals surface area contributed by atoms with Crippen molar-refractivity contribution < 1.29 is 14.3 Å². The van der Waals surface area contributed by atoms with Crippen LogP contribution < -0.4 is 4.74 Å². The van der Waals surface area contributed by atoms with Crippen molar-refractivity contribution in [3.63, 3.8) is 0 Å². The molecule has 3 aliphatic rings. The maximum absolute atomic E-state index is 13.3. The van der Waals surface area contributed by atoms with Gasteiger partial charge in [0.2, 0.25) is 0 Å². The van der Waals surface area contributed by atoms with Gasteiger partial charge in [-0.1, -0.05) is 66.8 Å². The van der Waals surface area contributed by atoms with Crippen LogP contribution in [0.5, 0.6) is 5.75 Å². The van der Waals surface area contributed by atoms with Gasteiger partial charge in [-0.2, -0.15) is 0 Å². The van der Waals surface area contributed by atoms with Gasteiger partial charge in [-0.25, -0.2) is 0 Å². The average Bonchev–Trinajstić information content (AvgIpc) is 2.72. The third-order valence-electron chi connectivity index (χ3n) is 5.22. The Morgan fingerprint density at radius 1 is 0.815 bits per heavy atom. The van der Waals surface area contributed by atoms with Gasteiger partial charge in [-0.15, -0.1) is 0 Å². The summed E-state index contributed by atoms with van der Waals surface area (Å²) in [6.07, 6.45) is 9.34. The second-order valence-corrected chi connectivity index (χ2v) is 6.80. The number of para-hydroxylation sites is 1. The van der Waals surface area contributed by atoms with E-state index in [0.717, 1.165) is 11.1 Å². The van der Waals surface area contributed by atoms with Crippen molar-refractivity contribution in [3.8, 4) is 5.75 Å². The van der Waals surface area contributed by atoms with Crippen molar-refractivity contribution in [1.82, 2.24) is 0 Å². The molecule has 0 aliphatic heterocycles. The lowest BCUT2D eigenvalue weighted by atomic mass is 9.69. The van der Waals surface area contributed by atoms with Gasteiger partial charge in [-0.05, 0) is 23.8 Å². The SMILES string of the molecule is O=C1C2=Cc3ccccc3C(=O)C2C(Oc2ccccc2)=C2C=CC=CC12. The highest BCUT2D eigenvalue weighted by molar-refractivity contribution is 6.18. The summed E-state index contributed by atoms with van der Waals surface area (Å²) in [5, 5.41) is 0. The summed E-state index contributed by atoms with van der Waals surface area (Å²) in [6.45, 7) is 0. The van der Waals surface area contributed by atoms with Crippen molar-refractivity contribution >= 4 is 17.6 Å². The molecule has 0 spiro atoms. The molecule has 0 fully saturated rings. The molecule has 0 amide bonds. The monoisotopic (exact) mass is 352 g/mol. The van der Waals surface area contributed by atoms with Gasteiger partial charge in [0.05, 0.1) is 5.92 Å². The summed E-state index contributed by atoms with van der Waals surface area (Å²) in [5.41, 5.74) is 2.70. The van der Waals surface area contributed by atoms with Gasteiger partial charge in [0.1, 0.15) is 17.4 Å². The number of hydrogen-bond acceptors (Lipinski definition) is 3. The zero-order chi connectivity index (χ0) is 18.4. The predicted molar refractivity (Wildman–Crippen MR) is 103 cm³/mol. The van der Waals surface area contributed by atoms with Crippen LogP contribution >= 0.6 is 0 Å². The summed E-state index contributed by atoms with van der Waals surface area (Å²) in [5.74, 6) is -0.0151. The molecule has 2 unspecified atom stereocenters. The van der Waals surface area contributed by atoms with Crippen LogP contribution in [0.25, 0.3) is 6.08 Å². The molecule has 3 aliphatic carbocycles. The number of carbonyl (C=O) groups is 2. The van der Waals surface area contributed by atoms with E-state index in [2.05, 4.69) is 0 Å². The van der Waals surface area contributed by atoms with Gasteiger partial charge < -0.3 is 4.74 Å². The quantitative estimate of drug-likeness (QED) is 0.797. The molecule has 0 saturated heterocycles. The largest absolute Gasteiger partial charge is 0.460 e. The first-order valence-electron chi connectivity index (χ1n) is 8.95. The number of ketones is 2. The number of allylic oxidation sites excluding steroid dienone is 6. The van der Waals surface area contributed by atoms with Crippen molar-refractivity contribution in [2.75, 3.05) is 0 Å². The minimum absolute atomic E-state index is 0.0288. The zero-order valence-corrected chi connectivity index (χ0v) is 14.5. The van der Waals surface area contributed by atoms with Crippen LogP contribution in [0.2, 0.25) is 0 Å². The molecule has 0 radical (unpaired) electrons. The highest BCUT2D eigenvalue weighted by Crippen LogP contribution is 2.44. The molecular formula is C24H16O3. The number of Topliss-reactive ketones (excluding diaryl/α,β-unsaturated/α-hetero) is 2. The topological polar surface area (TPSA) is 43.4 Å². The van der Waals surface area contributed by atoms with Crippen molar-refractivity contribution in [3.05, 3.63) is 107 Å². The number of rotatable bonds is 2. The fraction of sp³-hybridized carbons (Fsp3) is 0.0833. The van der Waals surface area contributed by atoms with E-state index in [-0.39, 0.29) is 11.6 Å². The van der Waals surface area contributed by atoms with Gasteiger partial charge in [0.25, 0.3) is 0 Å². The maximum Gasteiger partial charge on any atom is 0.178 e. The van der Waals surface area contributed by atoms with Gasteiger partial charge in [-0.3, -0.25) is 9.59 Å². The van der Waals surface area contributed by atoms with Crippen LogP contribution in [0.1, 0.15) is 15.9 Å². The molecule has 0 bridgehead atoms. The Kier molecular flexibility index (Phi) is 3.54. The smallest absolute Gasteiger partial charge is 0.178 e. The Bertz CT molecular complexity index is 1080. The van der Waals surface area contributed by atoms with Crippen LogP contribution in [0.4, 0.5) is 0 Å². The van der Waals surface area contributed by atoms with E-state index in [9.17, 15) is 9.59 Å². The third kappa shape index (κ3) is 2.43. The van der Waals surface area contributed by atoms with Crippen LogP contribution in [0.15, 0.2) is 95.8 Å². The Labute approximate surface area is 157 Å². The maximum atomic E-state index is 13.3. The number of carbonyl (C=O) groups excluding carboxylic acids is 2.